The number of anilines is 2. The molecule has 0 radical (unpaired) electrons. The molecule has 0 fully saturated rings. The Morgan fingerprint density at radius 2 is 1.64 bits per heavy atom. The number of rotatable bonds is 10. The quantitative estimate of drug-likeness (QED) is 0.349. The maximum Gasteiger partial charge on any atom is 0.264 e. The molecule has 0 atom stereocenters. The van der Waals surface area contributed by atoms with Gasteiger partial charge in [0.15, 0.2) is 0 Å². The van der Waals surface area contributed by atoms with Crippen LogP contribution in [-0.2, 0) is 14.8 Å². The van der Waals surface area contributed by atoms with Crippen molar-refractivity contribution in [2.45, 2.75) is 38.5 Å². The Bertz CT molecular complexity index is 1340. The summed E-state index contributed by atoms with van der Waals surface area (Å²) in [5.41, 5.74) is 2.85. The monoisotopic (exact) mass is 527 g/mol. The van der Waals surface area contributed by atoms with Crippen molar-refractivity contribution in [3.63, 3.8) is 0 Å². The molecule has 0 aliphatic carbocycles. The fourth-order valence-electron chi connectivity index (χ4n) is 3.51. The maximum absolute atomic E-state index is 13.6. The van der Waals surface area contributed by atoms with Gasteiger partial charge in [0.2, 0.25) is 5.91 Å². The summed E-state index contributed by atoms with van der Waals surface area (Å²) in [5, 5.41) is 5.95. The molecule has 0 aliphatic heterocycles. The minimum absolute atomic E-state index is 0.00799. The summed E-state index contributed by atoms with van der Waals surface area (Å²) in [6.45, 7) is 5.86. The first kappa shape index (κ1) is 27.2. The van der Waals surface area contributed by atoms with E-state index in [1.807, 2.05) is 26.8 Å². The van der Waals surface area contributed by atoms with Gasteiger partial charge >= 0.3 is 0 Å². The first-order valence-electron chi connectivity index (χ1n) is 11.7. The molecule has 190 valence electrons. The van der Waals surface area contributed by atoms with Gasteiger partial charge in [0.05, 0.1) is 21.8 Å². The van der Waals surface area contributed by atoms with Gasteiger partial charge < -0.3 is 10.6 Å². The lowest BCUT2D eigenvalue weighted by atomic mass is 10.1. The lowest BCUT2D eigenvalue weighted by Crippen LogP contribution is -2.38. The van der Waals surface area contributed by atoms with Crippen LogP contribution in [0.2, 0.25) is 5.02 Å². The number of hydrogen-bond donors (Lipinski definition) is 2. The number of nitrogens with one attached hydrogen (secondary N) is 2. The zero-order valence-corrected chi connectivity index (χ0v) is 22.1. The fourth-order valence-corrected chi connectivity index (χ4v) is 5.05. The summed E-state index contributed by atoms with van der Waals surface area (Å²) < 4.78 is 28.2. The molecule has 3 aromatic carbocycles. The number of halogens is 1. The lowest BCUT2D eigenvalue weighted by Gasteiger charge is -2.25. The number of aryl methyl sites for hydroxylation is 2. The highest BCUT2D eigenvalue weighted by molar-refractivity contribution is 7.92. The van der Waals surface area contributed by atoms with Crippen molar-refractivity contribution in [2.75, 3.05) is 22.7 Å². The number of carbonyl (C=O) groups is 2. The summed E-state index contributed by atoms with van der Waals surface area (Å²) in [6, 6.07) is 17.6. The van der Waals surface area contributed by atoms with E-state index in [1.165, 1.54) is 24.3 Å². The van der Waals surface area contributed by atoms with Gasteiger partial charge in [0.1, 0.15) is 6.54 Å². The van der Waals surface area contributed by atoms with Gasteiger partial charge in [-0.2, -0.15) is 0 Å². The van der Waals surface area contributed by atoms with E-state index in [4.69, 9.17) is 11.6 Å². The van der Waals surface area contributed by atoms with Gasteiger partial charge in [-0.1, -0.05) is 43.1 Å². The van der Waals surface area contributed by atoms with Gasteiger partial charge in [-0.05, 0) is 79.9 Å². The van der Waals surface area contributed by atoms with E-state index in [9.17, 15) is 18.0 Å². The third-order valence-corrected chi connectivity index (χ3v) is 7.77. The summed E-state index contributed by atoms with van der Waals surface area (Å²) in [6.07, 6.45) is 1.78. The molecule has 0 bridgehead atoms. The van der Waals surface area contributed by atoms with Crippen LogP contribution in [0.4, 0.5) is 11.4 Å². The van der Waals surface area contributed by atoms with Crippen LogP contribution in [0.3, 0.4) is 0 Å². The molecule has 3 aromatic rings. The Labute approximate surface area is 217 Å². The van der Waals surface area contributed by atoms with Crippen LogP contribution in [0.25, 0.3) is 0 Å². The summed E-state index contributed by atoms with van der Waals surface area (Å²) in [5.74, 6) is -0.890. The van der Waals surface area contributed by atoms with Gasteiger partial charge in [-0.15, -0.1) is 0 Å². The average molecular weight is 528 g/mol. The summed E-state index contributed by atoms with van der Waals surface area (Å²) in [4.78, 5) is 25.8. The number of benzene rings is 3. The lowest BCUT2D eigenvalue weighted by molar-refractivity contribution is -0.114. The molecule has 0 aliphatic rings. The molecule has 3 rings (SSSR count). The molecule has 0 saturated carbocycles. The smallest absolute Gasteiger partial charge is 0.264 e. The molecular formula is C27H30ClN3O4S. The van der Waals surface area contributed by atoms with Crippen molar-refractivity contribution in [3.05, 3.63) is 88.4 Å². The van der Waals surface area contributed by atoms with Crippen molar-refractivity contribution >= 4 is 44.8 Å². The van der Waals surface area contributed by atoms with E-state index in [1.54, 1.807) is 36.4 Å². The normalized spacial score (nSPS) is 11.1. The minimum Gasteiger partial charge on any atom is -0.352 e. The van der Waals surface area contributed by atoms with Crippen LogP contribution >= 0.6 is 11.6 Å². The Hall–Kier alpha value is -3.36. The Morgan fingerprint density at radius 3 is 2.31 bits per heavy atom. The molecular weight excluding hydrogens is 498 g/mol. The van der Waals surface area contributed by atoms with Crippen LogP contribution in [-0.4, -0.2) is 33.3 Å². The van der Waals surface area contributed by atoms with Crippen LogP contribution in [0, 0.1) is 13.8 Å². The minimum atomic E-state index is -4.09. The van der Waals surface area contributed by atoms with Crippen LogP contribution in [0.15, 0.2) is 71.6 Å². The molecule has 9 heteroatoms. The standard InChI is InChI=1S/C27H30ClN3O4S/c1-4-5-16-29-27(33)24-8-6-7-9-25(24)30-26(32)18-31(22-13-10-19(2)20(3)17-22)36(34,35)23-14-11-21(28)12-15-23/h6-15,17H,4-5,16,18H2,1-3H3,(H,29,33)(H,30,32). The molecule has 2 amide bonds. The third kappa shape index (κ3) is 6.65. The number of amides is 2. The van der Waals surface area contributed by atoms with Crippen molar-refractivity contribution in [1.82, 2.24) is 5.32 Å². The van der Waals surface area contributed by atoms with Gasteiger partial charge in [0.25, 0.3) is 15.9 Å². The predicted molar refractivity (Wildman–Crippen MR) is 144 cm³/mol. The van der Waals surface area contributed by atoms with Crippen molar-refractivity contribution < 1.29 is 18.0 Å². The average Bonchev–Trinajstić information content (AvgIpc) is 2.85. The highest BCUT2D eigenvalue weighted by atomic mass is 35.5. The number of para-hydroxylation sites is 1. The van der Waals surface area contributed by atoms with E-state index in [0.29, 0.717) is 28.5 Å². The van der Waals surface area contributed by atoms with E-state index in [-0.39, 0.29) is 10.8 Å². The first-order chi connectivity index (χ1) is 17.1. The molecule has 0 saturated heterocycles. The third-order valence-electron chi connectivity index (χ3n) is 5.73. The highest BCUT2D eigenvalue weighted by Gasteiger charge is 2.28. The predicted octanol–water partition coefficient (Wildman–Crippen LogP) is 5.32. The second-order valence-electron chi connectivity index (χ2n) is 8.44. The maximum atomic E-state index is 13.6. The Morgan fingerprint density at radius 1 is 0.944 bits per heavy atom. The van der Waals surface area contributed by atoms with Crippen LogP contribution in [0.5, 0.6) is 0 Å². The fraction of sp³-hybridized carbons (Fsp3) is 0.259. The van der Waals surface area contributed by atoms with E-state index in [0.717, 1.165) is 28.3 Å². The molecule has 36 heavy (non-hydrogen) atoms. The zero-order valence-electron chi connectivity index (χ0n) is 20.5. The van der Waals surface area contributed by atoms with Gasteiger partial charge in [-0.25, -0.2) is 8.42 Å². The molecule has 0 aromatic heterocycles. The van der Waals surface area contributed by atoms with E-state index < -0.39 is 22.5 Å². The van der Waals surface area contributed by atoms with Crippen molar-refractivity contribution in [1.29, 1.82) is 0 Å². The van der Waals surface area contributed by atoms with E-state index in [2.05, 4.69) is 10.6 Å². The SMILES string of the molecule is CCCCNC(=O)c1ccccc1NC(=O)CN(c1ccc(C)c(C)c1)S(=O)(=O)c1ccc(Cl)cc1. The number of carbonyl (C=O) groups excluding carboxylic acids is 2. The summed E-state index contributed by atoms with van der Waals surface area (Å²) >= 11 is 5.95. The number of nitrogens with zero attached hydrogens (tertiary/aromatic N) is 1. The molecule has 2 N–H and O–H groups in total. The number of hydrogen-bond acceptors (Lipinski definition) is 4. The zero-order chi connectivity index (χ0) is 26.3. The molecule has 7 nitrogen and oxygen atoms in total. The molecule has 0 spiro atoms. The Balaban J connectivity index is 1.91. The van der Waals surface area contributed by atoms with Gasteiger partial charge in [0, 0.05) is 11.6 Å². The van der Waals surface area contributed by atoms with Crippen LogP contribution in [0.1, 0.15) is 41.3 Å². The van der Waals surface area contributed by atoms with E-state index >= 15 is 0 Å². The number of sulfonamides is 1. The highest BCUT2D eigenvalue weighted by Crippen LogP contribution is 2.27. The van der Waals surface area contributed by atoms with Crippen LogP contribution < -0.4 is 14.9 Å². The number of unbranched alkanes of at least 4 members (excludes halogenated alkanes) is 1. The van der Waals surface area contributed by atoms with Gasteiger partial charge in [-0.3, -0.25) is 13.9 Å². The van der Waals surface area contributed by atoms with Crippen molar-refractivity contribution in [2.24, 2.45) is 0 Å². The van der Waals surface area contributed by atoms with Crippen molar-refractivity contribution in [3.8, 4) is 0 Å². The molecule has 0 heterocycles. The largest absolute Gasteiger partial charge is 0.352 e. The second kappa shape index (κ2) is 12.1. The topological polar surface area (TPSA) is 95.6 Å². The Kier molecular flexibility index (Phi) is 9.12. The first-order valence-corrected chi connectivity index (χ1v) is 13.5. The molecule has 0 unspecified atom stereocenters. The second-order valence-corrected chi connectivity index (χ2v) is 10.7. The summed E-state index contributed by atoms with van der Waals surface area (Å²) in [7, 11) is -4.09.